The van der Waals surface area contributed by atoms with E-state index in [2.05, 4.69) is 14.7 Å². The first-order valence-electron chi connectivity index (χ1n) is 9.72. The Kier molecular flexibility index (Phi) is 6.16. The third-order valence-electron chi connectivity index (χ3n) is 4.90. The summed E-state index contributed by atoms with van der Waals surface area (Å²) in [4.78, 5) is 8.69. The number of nitrogen functional groups attached to an aromatic ring is 1. The summed E-state index contributed by atoms with van der Waals surface area (Å²) >= 11 is 0. The quantitative estimate of drug-likeness (QED) is 0.454. The van der Waals surface area contributed by atoms with Crippen LogP contribution in [-0.4, -0.2) is 14.2 Å². The molecule has 0 bridgehead atoms. The van der Waals surface area contributed by atoms with Crippen molar-refractivity contribution in [1.29, 1.82) is 0 Å². The molecular formula is C24H21FN4OS. The van der Waals surface area contributed by atoms with Gasteiger partial charge in [-0.2, -0.15) is 0 Å². The van der Waals surface area contributed by atoms with E-state index in [4.69, 9.17) is 5.73 Å². The molecule has 2 atom stereocenters. The molecule has 31 heavy (non-hydrogen) atoms. The Bertz CT molecular complexity index is 1220. The molecule has 3 aromatic carbocycles. The molecule has 0 aliphatic heterocycles. The summed E-state index contributed by atoms with van der Waals surface area (Å²) in [7, 11) is -1.49. The van der Waals surface area contributed by atoms with Crippen LogP contribution in [0.2, 0.25) is 0 Å². The zero-order valence-electron chi connectivity index (χ0n) is 16.8. The largest absolute Gasteiger partial charge is 0.382 e. The van der Waals surface area contributed by atoms with Crippen LogP contribution < -0.4 is 10.5 Å². The standard InChI is InChI=1S/C24H21FN4OS/c1-16(17-7-3-2-4-8-17)29-31(30)23-10-6-5-9-19(23)18-11-12-20(21(25)13-18)22-14-28-24(26)15-27-22/h2-16,29H,1H3,(H2,26,28). The molecule has 0 saturated heterocycles. The van der Waals surface area contributed by atoms with Gasteiger partial charge < -0.3 is 5.73 Å². The van der Waals surface area contributed by atoms with Crippen LogP contribution in [0.1, 0.15) is 18.5 Å². The number of hydrogen-bond donors (Lipinski definition) is 2. The molecule has 0 saturated carbocycles. The van der Waals surface area contributed by atoms with Crippen molar-refractivity contribution in [2.75, 3.05) is 5.73 Å². The highest BCUT2D eigenvalue weighted by Crippen LogP contribution is 2.30. The predicted octanol–water partition coefficient (Wildman–Crippen LogP) is 4.91. The van der Waals surface area contributed by atoms with E-state index in [1.165, 1.54) is 18.5 Å². The lowest BCUT2D eigenvalue weighted by molar-refractivity contribution is 0.631. The maximum Gasteiger partial charge on any atom is 0.141 e. The number of aromatic nitrogens is 2. The molecule has 7 heteroatoms. The van der Waals surface area contributed by atoms with Gasteiger partial charge >= 0.3 is 0 Å². The van der Waals surface area contributed by atoms with E-state index in [9.17, 15) is 8.60 Å². The Morgan fingerprint density at radius 1 is 0.935 bits per heavy atom. The zero-order valence-corrected chi connectivity index (χ0v) is 17.6. The molecule has 1 aromatic heterocycles. The topological polar surface area (TPSA) is 80.9 Å². The van der Waals surface area contributed by atoms with E-state index in [1.54, 1.807) is 18.2 Å². The van der Waals surface area contributed by atoms with Crippen molar-refractivity contribution >= 4 is 16.8 Å². The van der Waals surface area contributed by atoms with Crippen molar-refractivity contribution < 1.29 is 8.60 Å². The van der Waals surface area contributed by atoms with E-state index in [0.29, 0.717) is 27.3 Å². The van der Waals surface area contributed by atoms with Crippen LogP contribution in [0.3, 0.4) is 0 Å². The zero-order chi connectivity index (χ0) is 21.8. The Hall–Kier alpha value is -3.42. The summed E-state index contributed by atoms with van der Waals surface area (Å²) in [5, 5.41) is 0. The van der Waals surface area contributed by atoms with E-state index >= 15 is 0 Å². The number of anilines is 1. The molecule has 2 unspecified atom stereocenters. The fraction of sp³-hybridized carbons (Fsp3) is 0.0833. The third-order valence-corrected chi connectivity index (χ3v) is 6.22. The molecule has 0 radical (unpaired) electrons. The normalized spacial score (nSPS) is 13.0. The maximum absolute atomic E-state index is 14.9. The number of rotatable bonds is 6. The van der Waals surface area contributed by atoms with Crippen molar-refractivity contribution in [3.05, 3.63) is 96.6 Å². The fourth-order valence-corrected chi connectivity index (χ4v) is 4.44. The number of nitrogens with two attached hydrogens (primary N) is 1. The van der Waals surface area contributed by atoms with Gasteiger partial charge in [0, 0.05) is 11.6 Å². The van der Waals surface area contributed by atoms with E-state index in [-0.39, 0.29) is 11.9 Å². The van der Waals surface area contributed by atoms with Gasteiger partial charge in [-0.25, -0.2) is 18.3 Å². The predicted molar refractivity (Wildman–Crippen MR) is 122 cm³/mol. The molecule has 156 valence electrons. The highest BCUT2D eigenvalue weighted by Gasteiger charge is 2.16. The average molecular weight is 433 g/mol. The second kappa shape index (κ2) is 9.16. The van der Waals surface area contributed by atoms with Gasteiger partial charge in [0.1, 0.15) is 22.6 Å². The fourth-order valence-electron chi connectivity index (χ4n) is 3.27. The van der Waals surface area contributed by atoms with Gasteiger partial charge in [0.05, 0.1) is 23.0 Å². The number of halogens is 1. The number of benzene rings is 3. The van der Waals surface area contributed by atoms with Crippen LogP contribution in [0.15, 0.2) is 90.1 Å². The lowest BCUT2D eigenvalue weighted by atomic mass is 10.0. The summed E-state index contributed by atoms with van der Waals surface area (Å²) in [6.07, 6.45) is 2.83. The smallest absolute Gasteiger partial charge is 0.141 e. The van der Waals surface area contributed by atoms with Crippen molar-refractivity contribution in [2.45, 2.75) is 17.9 Å². The summed E-state index contributed by atoms with van der Waals surface area (Å²) < 4.78 is 31.1. The monoisotopic (exact) mass is 432 g/mol. The number of hydrogen-bond acceptors (Lipinski definition) is 4. The Balaban J connectivity index is 1.63. The molecule has 4 aromatic rings. The minimum absolute atomic E-state index is 0.113. The molecule has 4 rings (SSSR count). The van der Waals surface area contributed by atoms with Crippen LogP contribution in [0.25, 0.3) is 22.4 Å². The third kappa shape index (κ3) is 4.68. The number of nitrogens with zero attached hydrogens (tertiary/aromatic N) is 2. The molecular weight excluding hydrogens is 411 g/mol. The Morgan fingerprint density at radius 3 is 2.39 bits per heavy atom. The first-order chi connectivity index (χ1) is 15.0. The van der Waals surface area contributed by atoms with E-state index in [1.807, 2.05) is 55.5 Å². The van der Waals surface area contributed by atoms with Crippen LogP contribution in [0, 0.1) is 5.82 Å². The molecule has 0 fully saturated rings. The van der Waals surface area contributed by atoms with Gasteiger partial charge in [-0.05, 0) is 41.8 Å². The molecule has 0 aliphatic rings. The van der Waals surface area contributed by atoms with Crippen LogP contribution >= 0.6 is 0 Å². The van der Waals surface area contributed by atoms with Crippen LogP contribution in [0.5, 0.6) is 0 Å². The molecule has 5 nitrogen and oxygen atoms in total. The van der Waals surface area contributed by atoms with Crippen molar-refractivity contribution in [3.63, 3.8) is 0 Å². The minimum atomic E-state index is -1.49. The maximum atomic E-state index is 14.9. The summed E-state index contributed by atoms with van der Waals surface area (Å²) in [5.74, 6) is -0.169. The Labute approximate surface area is 182 Å². The highest BCUT2D eigenvalue weighted by atomic mass is 32.2. The first kappa shape index (κ1) is 20.8. The van der Waals surface area contributed by atoms with Gasteiger partial charge in [0.25, 0.3) is 0 Å². The molecule has 3 N–H and O–H groups in total. The lowest BCUT2D eigenvalue weighted by Gasteiger charge is -2.16. The second-order valence-electron chi connectivity index (χ2n) is 7.04. The minimum Gasteiger partial charge on any atom is -0.382 e. The van der Waals surface area contributed by atoms with Gasteiger partial charge in [0.15, 0.2) is 0 Å². The van der Waals surface area contributed by atoms with Crippen molar-refractivity contribution in [1.82, 2.24) is 14.7 Å². The summed E-state index contributed by atoms with van der Waals surface area (Å²) in [5.41, 5.74) is 8.64. The molecule has 0 amide bonds. The lowest BCUT2D eigenvalue weighted by Crippen LogP contribution is -2.21. The number of nitrogens with one attached hydrogen (secondary N) is 1. The molecule has 0 aliphatic carbocycles. The SMILES string of the molecule is CC(NS(=O)c1ccccc1-c1ccc(-c2cnc(N)cn2)c(F)c1)c1ccccc1. The summed E-state index contributed by atoms with van der Waals surface area (Å²) in [6.45, 7) is 1.96. The van der Waals surface area contributed by atoms with Gasteiger partial charge in [-0.1, -0.05) is 54.6 Å². The van der Waals surface area contributed by atoms with Gasteiger partial charge in [-0.3, -0.25) is 4.98 Å². The van der Waals surface area contributed by atoms with Crippen molar-refractivity contribution in [2.24, 2.45) is 0 Å². The van der Waals surface area contributed by atoms with Gasteiger partial charge in [-0.15, -0.1) is 0 Å². The molecule has 0 spiro atoms. The van der Waals surface area contributed by atoms with Gasteiger partial charge in [0.2, 0.25) is 0 Å². The van der Waals surface area contributed by atoms with E-state index < -0.39 is 16.8 Å². The molecule has 1 heterocycles. The second-order valence-corrected chi connectivity index (χ2v) is 8.25. The highest BCUT2D eigenvalue weighted by molar-refractivity contribution is 7.83. The van der Waals surface area contributed by atoms with Crippen molar-refractivity contribution in [3.8, 4) is 22.4 Å². The average Bonchev–Trinajstić information content (AvgIpc) is 2.80. The first-order valence-corrected chi connectivity index (χ1v) is 10.9. The summed E-state index contributed by atoms with van der Waals surface area (Å²) in [6, 6.07) is 21.8. The van der Waals surface area contributed by atoms with E-state index in [0.717, 1.165) is 5.56 Å². The Morgan fingerprint density at radius 2 is 1.68 bits per heavy atom. The van der Waals surface area contributed by atoms with Crippen LogP contribution in [-0.2, 0) is 11.0 Å². The van der Waals surface area contributed by atoms with Crippen LogP contribution in [0.4, 0.5) is 10.2 Å².